The quantitative estimate of drug-likeness (QED) is 0.0803. The van der Waals surface area contributed by atoms with Gasteiger partial charge in [-0.1, -0.05) is 6.07 Å². The van der Waals surface area contributed by atoms with Gasteiger partial charge < -0.3 is 19.6 Å². The van der Waals surface area contributed by atoms with E-state index in [0.29, 0.717) is 28.4 Å². The van der Waals surface area contributed by atoms with Gasteiger partial charge in [0.2, 0.25) is 0 Å². The predicted molar refractivity (Wildman–Crippen MR) is 157 cm³/mol. The molecular weight excluding hydrogens is 567 g/mol. The number of methoxy groups -OCH3 is 1. The third-order valence-corrected chi connectivity index (χ3v) is 6.95. The van der Waals surface area contributed by atoms with E-state index in [1.807, 2.05) is 0 Å². The topological polar surface area (TPSA) is 181 Å². The van der Waals surface area contributed by atoms with Gasteiger partial charge in [-0.2, -0.15) is 5.11 Å². The van der Waals surface area contributed by atoms with Crippen LogP contribution in [-0.4, -0.2) is 54.9 Å². The molecule has 0 saturated carbocycles. The Morgan fingerprint density at radius 2 is 1.62 bits per heavy atom. The van der Waals surface area contributed by atoms with Gasteiger partial charge >= 0.3 is 7.82 Å². The molecule has 2 N–H and O–H groups in total. The third kappa shape index (κ3) is 9.23. The molecular formula is C27H33N6O8P. The van der Waals surface area contributed by atoms with Crippen LogP contribution in [0.4, 0.5) is 34.1 Å². The molecule has 42 heavy (non-hydrogen) atoms. The highest BCUT2D eigenvalue weighted by Gasteiger charge is 2.20. The summed E-state index contributed by atoms with van der Waals surface area (Å²) in [7, 11) is -2.63. The molecule has 0 aliphatic rings. The van der Waals surface area contributed by atoms with Crippen molar-refractivity contribution in [2.45, 2.75) is 20.8 Å². The normalized spacial score (nSPS) is 13.0. The van der Waals surface area contributed by atoms with Crippen LogP contribution in [0.1, 0.15) is 18.1 Å². The third-order valence-electron chi connectivity index (χ3n) is 5.86. The lowest BCUT2D eigenvalue weighted by Gasteiger charge is -2.24. The van der Waals surface area contributed by atoms with Gasteiger partial charge in [0.05, 0.1) is 43.2 Å². The van der Waals surface area contributed by atoms with Crippen molar-refractivity contribution in [3.8, 4) is 5.75 Å². The van der Waals surface area contributed by atoms with Crippen LogP contribution in [-0.2, 0) is 13.6 Å². The zero-order chi connectivity index (χ0) is 30.7. The number of phosphoric ester groups is 1. The molecule has 1 unspecified atom stereocenters. The summed E-state index contributed by atoms with van der Waals surface area (Å²) in [6, 6.07) is 15.1. The van der Waals surface area contributed by atoms with Crippen molar-refractivity contribution in [2.75, 3.05) is 44.9 Å². The number of aryl methyl sites for hydroxylation is 2. The lowest BCUT2D eigenvalue weighted by Crippen LogP contribution is -2.30. The zero-order valence-electron chi connectivity index (χ0n) is 23.7. The van der Waals surface area contributed by atoms with E-state index in [4.69, 9.17) is 9.26 Å². The van der Waals surface area contributed by atoms with Crippen LogP contribution in [0.15, 0.2) is 75.1 Å². The summed E-state index contributed by atoms with van der Waals surface area (Å²) in [5, 5.41) is 37.7. The Balaban J connectivity index is 1.74. The second-order valence-electron chi connectivity index (χ2n) is 8.91. The van der Waals surface area contributed by atoms with Crippen molar-refractivity contribution in [1.29, 1.82) is 0 Å². The highest BCUT2D eigenvalue weighted by molar-refractivity contribution is 7.47. The Hall–Kier alpha value is -4.07. The van der Waals surface area contributed by atoms with E-state index in [2.05, 4.69) is 25.0 Å². The largest absolute Gasteiger partial charge is 0.494 e. The number of anilines is 1. The van der Waals surface area contributed by atoms with Gasteiger partial charge in [-0.05, 0) is 68.3 Å². The second kappa shape index (κ2) is 15.2. The summed E-state index contributed by atoms with van der Waals surface area (Å²) in [5.41, 5.74) is 3.65. The number of nitro benzene ring substituents is 1. The molecule has 3 aromatic carbocycles. The fourth-order valence-corrected chi connectivity index (χ4v) is 4.50. The summed E-state index contributed by atoms with van der Waals surface area (Å²) in [4.78, 5) is 22.3. The summed E-state index contributed by atoms with van der Waals surface area (Å²) < 4.78 is 26.8. The Bertz CT molecular complexity index is 1480. The number of benzene rings is 3. The first kappa shape index (κ1) is 32.4. The van der Waals surface area contributed by atoms with Crippen LogP contribution in [0.3, 0.4) is 0 Å². The molecule has 0 radical (unpaired) electrons. The van der Waals surface area contributed by atoms with Crippen molar-refractivity contribution in [1.82, 2.24) is 0 Å². The van der Waals surface area contributed by atoms with Crippen molar-refractivity contribution in [3.05, 3.63) is 75.8 Å². The second-order valence-corrected chi connectivity index (χ2v) is 10.4. The number of hydrogen-bond acceptors (Lipinski definition) is 12. The van der Waals surface area contributed by atoms with E-state index in [0.717, 1.165) is 11.3 Å². The Kier molecular flexibility index (Phi) is 11.8. The average molecular weight is 601 g/mol. The molecule has 0 amide bonds. The summed E-state index contributed by atoms with van der Waals surface area (Å²) in [5.74, 6) is 0.385. The molecule has 0 aliphatic carbocycles. The van der Waals surface area contributed by atoms with E-state index in [9.17, 15) is 24.7 Å². The zero-order valence-corrected chi connectivity index (χ0v) is 24.6. The number of ether oxygens (including phenoxy) is 1. The Morgan fingerprint density at radius 3 is 2.26 bits per heavy atom. The molecule has 1 atom stereocenters. The number of aliphatic hydroxyl groups excluding tert-OH is 1. The van der Waals surface area contributed by atoms with Gasteiger partial charge in [0.15, 0.2) is 5.69 Å². The highest BCUT2D eigenvalue weighted by Crippen LogP contribution is 2.43. The van der Waals surface area contributed by atoms with Crippen LogP contribution >= 0.6 is 7.82 Å². The molecule has 15 heteroatoms. The molecule has 0 aliphatic heterocycles. The minimum Gasteiger partial charge on any atom is -0.494 e. The van der Waals surface area contributed by atoms with Gasteiger partial charge in [-0.25, -0.2) is 4.57 Å². The minimum atomic E-state index is -4.11. The van der Waals surface area contributed by atoms with Gasteiger partial charge in [0.1, 0.15) is 11.4 Å². The number of nitrogens with zero attached hydrogens (tertiary/aromatic N) is 6. The van der Waals surface area contributed by atoms with Crippen LogP contribution < -0.4 is 9.64 Å². The van der Waals surface area contributed by atoms with Gasteiger partial charge in [-0.3, -0.25) is 19.2 Å². The molecule has 0 spiro atoms. The Labute approximate surface area is 243 Å². The first-order chi connectivity index (χ1) is 20.1. The number of rotatable bonds is 15. The number of hydrogen-bond donors (Lipinski definition) is 2. The van der Waals surface area contributed by atoms with Crippen molar-refractivity contribution in [2.24, 2.45) is 20.5 Å². The fourth-order valence-electron chi connectivity index (χ4n) is 3.78. The molecule has 0 saturated heterocycles. The van der Waals surface area contributed by atoms with Crippen molar-refractivity contribution >= 4 is 41.9 Å². The molecule has 0 heterocycles. The molecule has 3 aromatic rings. The van der Waals surface area contributed by atoms with Gasteiger partial charge in [0, 0.05) is 30.9 Å². The van der Waals surface area contributed by atoms with Crippen LogP contribution in [0, 0.1) is 24.0 Å². The molecule has 0 fully saturated rings. The van der Waals surface area contributed by atoms with Crippen LogP contribution in [0.5, 0.6) is 5.75 Å². The van der Waals surface area contributed by atoms with Gasteiger partial charge in [-0.15, -0.1) is 15.3 Å². The first-order valence-electron chi connectivity index (χ1n) is 12.9. The summed E-state index contributed by atoms with van der Waals surface area (Å²) in [6.07, 6.45) is 0. The van der Waals surface area contributed by atoms with Gasteiger partial charge in [0.25, 0.3) is 5.69 Å². The Morgan fingerprint density at radius 1 is 0.929 bits per heavy atom. The smallest absolute Gasteiger partial charge is 0.472 e. The number of azo groups is 2. The first-order valence-corrected chi connectivity index (χ1v) is 14.4. The standard InChI is InChI=1S/C27H33N6O8P/c1-5-40-42(37,38)41-15-13-32(12-14-34)22-9-7-21(8-10-22)28-31-25-17-20(3)24(18-27(25)39-4)30-29-23-11-6-19(2)16-26(23)33(35)36/h6-11,16-18,34H,5,12-15H2,1-4H3,(H,37,38)/b30-29+,31-28+. The van der Waals surface area contributed by atoms with E-state index < -0.39 is 12.7 Å². The predicted octanol–water partition coefficient (Wildman–Crippen LogP) is 7.00. The molecule has 0 bridgehead atoms. The molecule has 0 aromatic heterocycles. The van der Waals surface area contributed by atoms with Crippen molar-refractivity contribution < 1.29 is 33.3 Å². The van der Waals surface area contributed by atoms with Crippen LogP contribution in [0.25, 0.3) is 0 Å². The molecule has 3 rings (SSSR count). The van der Waals surface area contributed by atoms with Crippen LogP contribution in [0.2, 0.25) is 0 Å². The minimum absolute atomic E-state index is 0.0473. The lowest BCUT2D eigenvalue weighted by atomic mass is 10.1. The molecule has 224 valence electrons. The van der Waals surface area contributed by atoms with E-state index in [-0.39, 0.29) is 44.3 Å². The van der Waals surface area contributed by atoms with E-state index >= 15 is 0 Å². The van der Waals surface area contributed by atoms with Crippen molar-refractivity contribution in [3.63, 3.8) is 0 Å². The molecule has 14 nitrogen and oxygen atoms in total. The highest BCUT2D eigenvalue weighted by atomic mass is 31.2. The SMILES string of the molecule is CCOP(=O)(O)OCCN(CCO)c1ccc(/N=N/c2cc(C)c(/N=N/c3ccc(C)cc3[N+](=O)[O-])cc2OC)cc1. The average Bonchev–Trinajstić information content (AvgIpc) is 2.95. The summed E-state index contributed by atoms with van der Waals surface area (Å²) >= 11 is 0. The maximum atomic E-state index is 11.7. The van der Waals surface area contributed by atoms with E-state index in [1.54, 1.807) is 74.2 Å². The monoisotopic (exact) mass is 600 g/mol. The lowest BCUT2D eigenvalue weighted by molar-refractivity contribution is -0.384. The fraction of sp³-hybridized carbons (Fsp3) is 0.333. The summed E-state index contributed by atoms with van der Waals surface area (Å²) in [6.45, 7) is 5.53. The number of aliphatic hydroxyl groups is 1. The maximum absolute atomic E-state index is 11.7. The number of phosphoric acid groups is 1. The van der Waals surface area contributed by atoms with E-state index in [1.165, 1.54) is 13.2 Å². The number of nitro groups is 1. The maximum Gasteiger partial charge on any atom is 0.472 e.